The van der Waals surface area contributed by atoms with Crippen molar-refractivity contribution in [2.24, 2.45) is 5.73 Å². The van der Waals surface area contributed by atoms with Crippen LogP contribution in [0.2, 0.25) is 0 Å². The van der Waals surface area contributed by atoms with E-state index in [1.54, 1.807) is 21.0 Å². The van der Waals surface area contributed by atoms with Crippen molar-refractivity contribution in [2.75, 3.05) is 7.11 Å². The van der Waals surface area contributed by atoms with Gasteiger partial charge in [0, 0.05) is 29.9 Å². The molecule has 0 bridgehead atoms. The van der Waals surface area contributed by atoms with Crippen molar-refractivity contribution in [1.29, 1.82) is 0 Å². The molecule has 1 atom stereocenters. The Hall–Kier alpha value is -4.43. The van der Waals surface area contributed by atoms with Crippen LogP contribution in [0.1, 0.15) is 48.2 Å². The molecule has 1 amide bonds. The molecule has 3 aromatic carbocycles. The van der Waals surface area contributed by atoms with Crippen molar-refractivity contribution in [3.05, 3.63) is 113 Å². The van der Waals surface area contributed by atoms with Crippen LogP contribution in [0, 0.1) is 0 Å². The summed E-state index contributed by atoms with van der Waals surface area (Å²) < 4.78 is 7.60. The molecule has 0 fully saturated rings. The van der Waals surface area contributed by atoms with Gasteiger partial charge in [0.1, 0.15) is 11.6 Å². The lowest BCUT2D eigenvalue weighted by Gasteiger charge is -2.25. The lowest BCUT2D eigenvalue weighted by atomic mass is 10.0. The molecule has 0 saturated heterocycles. The molecule has 0 spiro atoms. The van der Waals surface area contributed by atoms with Crippen LogP contribution in [-0.2, 0) is 30.6 Å². The Labute approximate surface area is 234 Å². The minimum Gasteiger partial charge on any atom is -0.497 e. The van der Waals surface area contributed by atoms with E-state index in [9.17, 15) is 4.79 Å². The third-order valence-electron chi connectivity index (χ3n) is 7.11. The van der Waals surface area contributed by atoms with Crippen LogP contribution in [-0.4, -0.2) is 38.3 Å². The maximum atomic E-state index is 13.2. The Morgan fingerprint density at radius 2 is 1.75 bits per heavy atom. The summed E-state index contributed by atoms with van der Waals surface area (Å²) in [7, 11) is 1.66. The normalized spacial score (nSPS) is 12.4. The number of hydrogen-bond acceptors (Lipinski definition) is 5. The van der Waals surface area contributed by atoms with Crippen LogP contribution in [0.3, 0.4) is 0 Å². The lowest BCUT2D eigenvalue weighted by Crippen LogP contribution is -2.50. The summed E-state index contributed by atoms with van der Waals surface area (Å²) in [5.74, 6) is 2.08. The van der Waals surface area contributed by atoms with Gasteiger partial charge in [-0.1, -0.05) is 60.7 Å². The minimum absolute atomic E-state index is 0.251. The summed E-state index contributed by atoms with van der Waals surface area (Å²) in [6.07, 6.45) is 4.06. The van der Waals surface area contributed by atoms with Crippen LogP contribution < -0.4 is 15.8 Å². The summed E-state index contributed by atoms with van der Waals surface area (Å²) in [4.78, 5) is 16.5. The quantitative estimate of drug-likeness (QED) is 0.226. The van der Waals surface area contributed by atoms with E-state index in [1.165, 1.54) is 5.56 Å². The molecular weight excluding hydrogens is 500 g/mol. The van der Waals surface area contributed by atoms with Crippen molar-refractivity contribution in [2.45, 2.75) is 51.2 Å². The Balaban J connectivity index is 1.54. The largest absolute Gasteiger partial charge is 0.497 e. The van der Waals surface area contributed by atoms with Gasteiger partial charge in [0.2, 0.25) is 5.91 Å². The first-order valence-corrected chi connectivity index (χ1v) is 13.6. The number of fused-ring (bicyclic) bond motifs is 1. The number of carbonyl (C=O) groups is 1. The van der Waals surface area contributed by atoms with Crippen LogP contribution in [0.25, 0.3) is 10.9 Å². The first-order valence-electron chi connectivity index (χ1n) is 13.6. The maximum absolute atomic E-state index is 13.2. The number of benzene rings is 3. The number of rotatable bonds is 11. The smallest absolute Gasteiger partial charge is 0.240 e. The topological polar surface area (TPSA) is 111 Å². The van der Waals surface area contributed by atoms with Crippen LogP contribution in [0.15, 0.2) is 85.1 Å². The zero-order valence-corrected chi connectivity index (χ0v) is 23.2. The molecule has 0 aliphatic carbocycles. The van der Waals surface area contributed by atoms with Gasteiger partial charge in [-0.25, -0.2) is 0 Å². The second-order valence-corrected chi connectivity index (χ2v) is 10.7. The van der Waals surface area contributed by atoms with E-state index in [0.29, 0.717) is 25.2 Å². The molecule has 8 heteroatoms. The average Bonchev–Trinajstić information content (AvgIpc) is 3.55. The van der Waals surface area contributed by atoms with Gasteiger partial charge in [-0.05, 0) is 55.2 Å². The number of methoxy groups -OCH3 is 1. The van der Waals surface area contributed by atoms with E-state index in [0.717, 1.165) is 40.0 Å². The number of aromatic amines is 1. The minimum atomic E-state index is -1.05. The molecular formula is C32H36N6O2. The standard InChI is InChI=1S/C32H36N6O2/c1-32(2,33)31(39)35-28(19-24-20-34-27-15-8-7-14-26(24)27)30-37-36-29(17-16-22-10-5-4-6-11-22)38(30)21-23-12-9-13-25(18-23)40-3/h4-15,18,20,28,34H,16-17,19,21,33H2,1-3H3,(H,35,39). The summed E-state index contributed by atoms with van der Waals surface area (Å²) in [5, 5.41) is 13.6. The molecule has 2 heterocycles. The molecule has 1 unspecified atom stereocenters. The average molecular weight is 537 g/mol. The summed E-state index contributed by atoms with van der Waals surface area (Å²) in [5.41, 5.74) is 9.56. The molecule has 0 aliphatic rings. The van der Waals surface area contributed by atoms with Gasteiger partial charge in [-0.2, -0.15) is 0 Å². The van der Waals surface area contributed by atoms with Crippen LogP contribution in [0.4, 0.5) is 0 Å². The van der Waals surface area contributed by atoms with E-state index in [1.807, 2.05) is 60.8 Å². The van der Waals surface area contributed by atoms with Gasteiger partial charge in [0.05, 0.1) is 25.2 Å². The third kappa shape index (κ3) is 6.24. The zero-order valence-electron chi connectivity index (χ0n) is 23.2. The van der Waals surface area contributed by atoms with Crippen molar-refractivity contribution in [3.63, 3.8) is 0 Å². The Morgan fingerprint density at radius 3 is 2.52 bits per heavy atom. The lowest BCUT2D eigenvalue weighted by molar-refractivity contribution is -0.126. The summed E-state index contributed by atoms with van der Waals surface area (Å²) in [6.45, 7) is 3.95. The molecule has 0 saturated carbocycles. The number of hydrogen-bond donors (Lipinski definition) is 3. The number of nitrogens with one attached hydrogen (secondary N) is 2. The molecule has 0 radical (unpaired) electrons. The van der Waals surface area contributed by atoms with Gasteiger partial charge >= 0.3 is 0 Å². The van der Waals surface area contributed by atoms with E-state index in [4.69, 9.17) is 10.5 Å². The van der Waals surface area contributed by atoms with E-state index in [2.05, 4.69) is 49.3 Å². The SMILES string of the molecule is COc1cccc(Cn2c(CCc3ccccc3)nnc2C(Cc2c[nH]c3ccccc23)NC(=O)C(C)(C)N)c1. The van der Waals surface area contributed by atoms with Gasteiger partial charge in [0.15, 0.2) is 5.82 Å². The fourth-order valence-electron chi connectivity index (χ4n) is 4.89. The monoisotopic (exact) mass is 536 g/mol. The van der Waals surface area contributed by atoms with E-state index in [-0.39, 0.29) is 5.91 Å². The molecule has 206 valence electrons. The van der Waals surface area contributed by atoms with Crippen molar-refractivity contribution < 1.29 is 9.53 Å². The first-order chi connectivity index (χ1) is 19.3. The Bertz CT molecular complexity index is 1580. The molecule has 2 aromatic heterocycles. The highest BCUT2D eigenvalue weighted by atomic mass is 16.5. The highest BCUT2D eigenvalue weighted by molar-refractivity contribution is 5.86. The van der Waals surface area contributed by atoms with Crippen LogP contribution in [0.5, 0.6) is 5.75 Å². The van der Waals surface area contributed by atoms with Crippen molar-refractivity contribution >= 4 is 16.8 Å². The molecule has 4 N–H and O–H groups in total. The number of nitrogens with zero attached hydrogens (tertiary/aromatic N) is 3. The maximum Gasteiger partial charge on any atom is 0.240 e. The van der Waals surface area contributed by atoms with Crippen molar-refractivity contribution in [3.8, 4) is 5.75 Å². The van der Waals surface area contributed by atoms with Gasteiger partial charge in [-0.3, -0.25) is 4.79 Å². The molecule has 0 aliphatic heterocycles. The number of aryl methyl sites for hydroxylation is 2. The number of H-pyrrole nitrogens is 1. The molecule has 5 aromatic rings. The number of carbonyl (C=O) groups excluding carboxylic acids is 1. The molecule has 40 heavy (non-hydrogen) atoms. The molecule has 5 rings (SSSR count). The van der Waals surface area contributed by atoms with E-state index < -0.39 is 11.6 Å². The first kappa shape index (κ1) is 27.1. The predicted molar refractivity (Wildman–Crippen MR) is 157 cm³/mol. The number of ether oxygens (including phenoxy) is 1. The van der Waals surface area contributed by atoms with Gasteiger partial charge in [0.25, 0.3) is 0 Å². The molecule has 8 nitrogen and oxygen atoms in total. The second kappa shape index (κ2) is 11.8. The van der Waals surface area contributed by atoms with Gasteiger partial charge in [-0.15, -0.1) is 10.2 Å². The second-order valence-electron chi connectivity index (χ2n) is 10.7. The number of amides is 1. The van der Waals surface area contributed by atoms with E-state index >= 15 is 0 Å². The summed E-state index contributed by atoms with van der Waals surface area (Å²) in [6, 6.07) is 26.0. The highest BCUT2D eigenvalue weighted by Crippen LogP contribution is 2.26. The number of nitrogens with two attached hydrogens (primary N) is 1. The Morgan fingerprint density at radius 1 is 1.00 bits per heavy atom. The number of para-hydroxylation sites is 1. The third-order valence-corrected chi connectivity index (χ3v) is 7.11. The fourth-order valence-corrected chi connectivity index (χ4v) is 4.89. The zero-order chi connectivity index (χ0) is 28.1. The number of aromatic nitrogens is 4. The van der Waals surface area contributed by atoms with Gasteiger partial charge < -0.3 is 25.3 Å². The van der Waals surface area contributed by atoms with Crippen molar-refractivity contribution in [1.82, 2.24) is 25.1 Å². The fraction of sp³-hybridized carbons (Fsp3) is 0.281. The summed E-state index contributed by atoms with van der Waals surface area (Å²) >= 11 is 0. The highest BCUT2D eigenvalue weighted by Gasteiger charge is 2.29. The Kier molecular flexibility index (Phi) is 7.98. The predicted octanol–water partition coefficient (Wildman–Crippen LogP) is 4.74. The van der Waals surface area contributed by atoms with Crippen LogP contribution >= 0.6 is 0 Å².